The molecule has 3 nitrogen and oxygen atoms in total. The summed E-state index contributed by atoms with van der Waals surface area (Å²) in [6.07, 6.45) is 13.6. The minimum atomic E-state index is -1.03. The predicted molar refractivity (Wildman–Crippen MR) is 88.4 cm³/mol. The van der Waals surface area contributed by atoms with Crippen molar-refractivity contribution in [3.05, 3.63) is 29.3 Å². The Hall–Kier alpha value is 0.126. The van der Waals surface area contributed by atoms with Gasteiger partial charge >= 0.3 is 57.4 Å². The molecule has 0 radical (unpaired) electrons. The number of hydrogen-bond donors (Lipinski definition) is 1. The van der Waals surface area contributed by atoms with Crippen LogP contribution in [0, 0.1) is 0 Å². The normalized spacial score (nSPS) is 10.3. The number of carbonyl (C=O) groups is 1. The van der Waals surface area contributed by atoms with Crippen molar-refractivity contribution in [3.8, 4) is 5.75 Å². The number of rotatable bonds is 12. The molecule has 0 spiro atoms. The summed E-state index contributed by atoms with van der Waals surface area (Å²) in [5, 5.41) is 20.4. The van der Waals surface area contributed by atoms with Gasteiger partial charge in [-0.25, -0.2) is 4.79 Å². The largest absolute Gasteiger partial charge is 1.00 e. The van der Waals surface area contributed by atoms with Crippen LogP contribution < -0.4 is 56.5 Å². The maximum absolute atomic E-state index is 11.4. The molecule has 0 atom stereocenters. The summed E-state index contributed by atoms with van der Waals surface area (Å²) in [4.78, 5) is 10.9. The van der Waals surface area contributed by atoms with Crippen molar-refractivity contribution >= 4 is 5.97 Å². The molecule has 0 aliphatic heterocycles. The number of aromatic carboxylic acids is 1. The van der Waals surface area contributed by atoms with Crippen molar-refractivity contribution in [2.24, 2.45) is 0 Å². The fourth-order valence-electron chi connectivity index (χ4n) is 2.75. The van der Waals surface area contributed by atoms with Crippen LogP contribution >= 0.6 is 0 Å². The molecular weight excluding hydrogens is 315 g/mol. The van der Waals surface area contributed by atoms with Crippen molar-refractivity contribution in [1.29, 1.82) is 0 Å². The second-order valence-corrected chi connectivity index (χ2v) is 6.10. The number of aryl methyl sites for hydroxylation is 1. The molecule has 1 aromatic carbocycles. The molecule has 0 heterocycles. The zero-order valence-electron chi connectivity index (χ0n) is 14.8. The maximum atomic E-state index is 11.4. The topological polar surface area (TPSA) is 60.4 Å². The summed E-state index contributed by atoms with van der Waals surface area (Å²) in [5.74, 6) is -1.23. The zero-order valence-corrected chi connectivity index (χ0v) is 17.9. The molecule has 0 amide bonds. The van der Waals surface area contributed by atoms with Gasteiger partial charge in [-0.15, -0.1) is 5.75 Å². The van der Waals surface area contributed by atoms with Crippen LogP contribution in [0.25, 0.3) is 0 Å². The van der Waals surface area contributed by atoms with Gasteiger partial charge < -0.3 is 10.2 Å². The number of unbranched alkanes of at least 4 members (excludes halogenated alkanes) is 9. The number of hydrogen-bond acceptors (Lipinski definition) is 2. The van der Waals surface area contributed by atoms with Crippen LogP contribution in [0.15, 0.2) is 18.2 Å². The first-order chi connectivity index (χ1) is 10.6. The van der Waals surface area contributed by atoms with E-state index in [4.69, 9.17) is 5.11 Å². The summed E-state index contributed by atoms with van der Waals surface area (Å²) in [5.41, 5.74) is 0.957. The summed E-state index contributed by atoms with van der Waals surface area (Å²) in [6.45, 7) is 2.24. The Kier molecular flexibility index (Phi) is 14.5. The van der Waals surface area contributed by atoms with Crippen LogP contribution in [0.3, 0.4) is 0 Å². The molecule has 1 N–H and O–H groups in total. The Morgan fingerprint density at radius 1 is 0.913 bits per heavy atom. The Bertz CT molecular complexity index is 446. The second-order valence-electron chi connectivity index (χ2n) is 6.10. The van der Waals surface area contributed by atoms with E-state index in [1.165, 1.54) is 57.4 Å². The van der Waals surface area contributed by atoms with Crippen LogP contribution in [0.1, 0.15) is 87.1 Å². The predicted octanol–water partition coefficient (Wildman–Crippen LogP) is 1.93. The summed E-state index contributed by atoms with van der Waals surface area (Å²) in [6, 6.07) is 4.36. The van der Waals surface area contributed by atoms with Gasteiger partial charge in [0.15, 0.2) is 0 Å². The smallest absolute Gasteiger partial charge is 0.872 e. The Balaban J connectivity index is 0.00000484. The van der Waals surface area contributed by atoms with Crippen LogP contribution in [-0.2, 0) is 6.42 Å². The number of carboxylic acid groups (broad SMARTS) is 1. The second kappa shape index (κ2) is 14.5. The first-order valence-corrected chi connectivity index (χ1v) is 8.67. The summed E-state index contributed by atoms with van der Waals surface area (Å²) < 4.78 is 0. The maximum Gasteiger partial charge on any atom is 1.00 e. The molecule has 0 unspecified atom stereocenters. The molecule has 23 heavy (non-hydrogen) atoms. The fourth-order valence-corrected chi connectivity index (χ4v) is 2.75. The van der Waals surface area contributed by atoms with Gasteiger partial charge in [0.25, 0.3) is 0 Å². The standard InChI is InChI=1S/C19H30O3.K/c1-2-3-4-5-6-7-8-9-10-11-12-16-13-17(19(21)22)15-18(20)14-16;/h13-15,20H,2-12H2,1H3,(H,21,22);/q;+1/p-1. The quantitative estimate of drug-likeness (QED) is 0.465. The molecule has 0 aromatic heterocycles. The van der Waals surface area contributed by atoms with Gasteiger partial charge in [0, 0.05) is 0 Å². The van der Waals surface area contributed by atoms with Gasteiger partial charge in [0.05, 0.1) is 5.56 Å². The van der Waals surface area contributed by atoms with Gasteiger partial charge in [-0.3, -0.25) is 0 Å². The average Bonchev–Trinajstić information content (AvgIpc) is 2.48. The van der Waals surface area contributed by atoms with E-state index in [0.717, 1.165) is 24.8 Å². The van der Waals surface area contributed by atoms with E-state index < -0.39 is 5.97 Å². The third-order valence-electron chi connectivity index (χ3n) is 4.03. The van der Waals surface area contributed by atoms with E-state index in [1.54, 1.807) is 12.1 Å². The van der Waals surface area contributed by atoms with Crippen molar-refractivity contribution < 1.29 is 66.4 Å². The van der Waals surface area contributed by atoms with E-state index in [2.05, 4.69) is 6.92 Å². The van der Waals surface area contributed by atoms with E-state index in [1.807, 2.05) is 0 Å². The monoisotopic (exact) mass is 344 g/mol. The number of benzene rings is 1. The van der Waals surface area contributed by atoms with Gasteiger partial charge in [0.1, 0.15) is 0 Å². The Labute approximate surface area is 183 Å². The van der Waals surface area contributed by atoms with Crippen molar-refractivity contribution in [2.75, 3.05) is 0 Å². The first kappa shape index (κ1) is 23.1. The van der Waals surface area contributed by atoms with Gasteiger partial charge in [-0.1, -0.05) is 76.8 Å². The van der Waals surface area contributed by atoms with Crippen LogP contribution in [0.5, 0.6) is 5.75 Å². The van der Waals surface area contributed by atoms with Crippen LogP contribution in [0.4, 0.5) is 0 Å². The van der Waals surface area contributed by atoms with Crippen LogP contribution in [-0.4, -0.2) is 11.1 Å². The molecule has 0 aliphatic rings. The number of carboxylic acids is 1. The molecule has 124 valence electrons. The zero-order chi connectivity index (χ0) is 16.2. The van der Waals surface area contributed by atoms with E-state index >= 15 is 0 Å². The third-order valence-corrected chi connectivity index (χ3v) is 4.03. The SMILES string of the molecule is CCCCCCCCCCCCc1cc([O-])cc(C(=O)O)c1.[K+]. The van der Waals surface area contributed by atoms with Gasteiger partial charge in [0.2, 0.25) is 0 Å². The fraction of sp³-hybridized carbons (Fsp3) is 0.632. The summed E-state index contributed by atoms with van der Waals surface area (Å²) in [7, 11) is 0. The minimum absolute atomic E-state index is 0. The van der Waals surface area contributed by atoms with Crippen molar-refractivity contribution in [2.45, 2.75) is 77.6 Å². The Morgan fingerprint density at radius 2 is 1.43 bits per heavy atom. The molecule has 0 fully saturated rings. The molecule has 0 saturated carbocycles. The molecule has 1 aromatic rings. The first-order valence-electron chi connectivity index (χ1n) is 8.67. The van der Waals surface area contributed by atoms with E-state index in [9.17, 15) is 9.90 Å². The van der Waals surface area contributed by atoms with Gasteiger partial charge in [-0.2, -0.15) is 0 Å². The molecule has 1 rings (SSSR count). The van der Waals surface area contributed by atoms with Crippen LogP contribution in [0.2, 0.25) is 0 Å². The average molecular weight is 345 g/mol. The van der Waals surface area contributed by atoms with Crippen molar-refractivity contribution in [3.63, 3.8) is 0 Å². The Morgan fingerprint density at radius 3 is 1.96 bits per heavy atom. The minimum Gasteiger partial charge on any atom is -0.872 e. The molecule has 4 heteroatoms. The molecular formula is C19H29KO3. The summed E-state index contributed by atoms with van der Waals surface area (Å²) >= 11 is 0. The third kappa shape index (κ3) is 11.3. The van der Waals surface area contributed by atoms with E-state index in [0.29, 0.717) is 0 Å². The van der Waals surface area contributed by atoms with Gasteiger partial charge in [-0.05, 0) is 24.5 Å². The molecule has 0 bridgehead atoms. The van der Waals surface area contributed by atoms with Crippen molar-refractivity contribution in [1.82, 2.24) is 0 Å². The van der Waals surface area contributed by atoms with E-state index in [-0.39, 0.29) is 62.7 Å². The molecule has 0 aliphatic carbocycles. The molecule has 0 saturated heterocycles.